The topological polar surface area (TPSA) is 69.8 Å². The van der Waals surface area contributed by atoms with E-state index in [4.69, 9.17) is 10.2 Å². The summed E-state index contributed by atoms with van der Waals surface area (Å²) in [5.41, 5.74) is 3.92. The summed E-state index contributed by atoms with van der Waals surface area (Å²) < 4.78 is 2.28. The number of hydrogen-bond acceptors (Lipinski definition) is 5. The van der Waals surface area contributed by atoms with Crippen LogP contribution < -0.4 is 10.2 Å². The fourth-order valence-electron chi connectivity index (χ4n) is 4.73. The Bertz CT molecular complexity index is 1020. The van der Waals surface area contributed by atoms with Crippen molar-refractivity contribution in [2.45, 2.75) is 37.8 Å². The number of para-hydroxylation sites is 2. The molecule has 3 aromatic rings. The molecule has 142 valence electrons. The number of pyridine rings is 1. The van der Waals surface area contributed by atoms with Gasteiger partial charge in [0.2, 0.25) is 5.95 Å². The quantitative estimate of drug-likeness (QED) is 0.765. The lowest BCUT2D eigenvalue weighted by atomic mass is 9.88. The van der Waals surface area contributed by atoms with E-state index in [2.05, 4.69) is 44.0 Å². The second kappa shape index (κ2) is 6.92. The average Bonchev–Trinajstić information content (AvgIpc) is 3.34. The summed E-state index contributed by atoms with van der Waals surface area (Å²) in [5.74, 6) is 1.03. The number of nitrogens with one attached hydrogen (secondary N) is 1. The molecule has 4 heterocycles. The lowest BCUT2D eigenvalue weighted by Crippen LogP contribution is -2.54. The van der Waals surface area contributed by atoms with Crippen LogP contribution in [0.15, 0.2) is 42.6 Å². The third-order valence-electron chi connectivity index (χ3n) is 6.10. The number of nitrogens with zero attached hydrogens (tertiary/aromatic N) is 5. The molecule has 0 aliphatic carbocycles. The molecule has 2 aliphatic rings. The van der Waals surface area contributed by atoms with Gasteiger partial charge in [0.05, 0.1) is 28.8 Å². The van der Waals surface area contributed by atoms with Gasteiger partial charge in [-0.3, -0.25) is 4.98 Å². The molecule has 1 spiro atoms. The van der Waals surface area contributed by atoms with Gasteiger partial charge in [-0.15, -0.1) is 0 Å². The lowest BCUT2D eigenvalue weighted by Gasteiger charge is -2.41. The number of benzene rings is 1. The van der Waals surface area contributed by atoms with Crippen LogP contribution in [0.25, 0.3) is 11.0 Å². The number of piperidine rings is 1. The smallest absolute Gasteiger partial charge is 0.206 e. The molecular weight excluding hydrogens is 348 g/mol. The number of hydrogen-bond donors (Lipinski definition) is 1. The maximum atomic E-state index is 9.02. The molecule has 5 rings (SSSR count). The highest BCUT2D eigenvalue weighted by molar-refractivity contribution is 5.79. The Kier molecular flexibility index (Phi) is 4.25. The van der Waals surface area contributed by atoms with Gasteiger partial charge in [0.15, 0.2) is 0 Å². The highest BCUT2D eigenvalue weighted by Crippen LogP contribution is 2.33. The van der Waals surface area contributed by atoms with Crippen LogP contribution >= 0.6 is 0 Å². The maximum Gasteiger partial charge on any atom is 0.206 e. The summed E-state index contributed by atoms with van der Waals surface area (Å²) in [5, 5.41) is 12.8. The molecule has 0 unspecified atom stereocenters. The van der Waals surface area contributed by atoms with Gasteiger partial charge in [-0.05, 0) is 56.5 Å². The molecular formula is C22H24N6. The zero-order chi connectivity index (χ0) is 19.0. The highest BCUT2D eigenvalue weighted by Gasteiger charge is 2.38. The first-order valence-corrected chi connectivity index (χ1v) is 10.1. The van der Waals surface area contributed by atoms with Crippen LogP contribution in [0.3, 0.4) is 0 Å². The van der Waals surface area contributed by atoms with E-state index in [-0.39, 0.29) is 5.54 Å². The van der Waals surface area contributed by atoms with E-state index >= 15 is 0 Å². The molecule has 1 atom stereocenters. The summed E-state index contributed by atoms with van der Waals surface area (Å²) in [6.45, 7) is 3.82. The van der Waals surface area contributed by atoms with Crippen molar-refractivity contribution in [3.8, 4) is 6.07 Å². The average molecular weight is 372 g/mol. The SMILES string of the molecule is N#Cc1ccc(Cn2c(N3CCC[C@@]4(CCCN4)C3)nc3ccccc32)nc1. The molecule has 0 saturated carbocycles. The van der Waals surface area contributed by atoms with Crippen molar-refractivity contribution in [3.63, 3.8) is 0 Å². The van der Waals surface area contributed by atoms with Crippen LogP contribution in [-0.2, 0) is 6.54 Å². The van der Waals surface area contributed by atoms with E-state index in [1.807, 2.05) is 18.2 Å². The van der Waals surface area contributed by atoms with Crippen molar-refractivity contribution < 1.29 is 0 Å². The molecule has 0 bridgehead atoms. The molecule has 2 fully saturated rings. The van der Waals surface area contributed by atoms with Crippen LogP contribution in [-0.4, -0.2) is 39.7 Å². The van der Waals surface area contributed by atoms with Crippen LogP contribution in [0, 0.1) is 11.3 Å². The Morgan fingerprint density at radius 3 is 2.82 bits per heavy atom. The first kappa shape index (κ1) is 17.2. The van der Waals surface area contributed by atoms with E-state index in [1.54, 1.807) is 6.20 Å². The Labute approximate surface area is 164 Å². The summed E-state index contributed by atoms with van der Waals surface area (Å²) in [4.78, 5) is 11.9. The van der Waals surface area contributed by atoms with E-state index in [9.17, 15) is 0 Å². The fourth-order valence-corrected chi connectivity index (χ4v) is 4.73. The van der Waals surface area contributed by atoms with Gasteiger partial charge < -0.3 is 14.8 Å². The molecule has 0 amide bonds. The van der Waals surface area contributed by atoms with E-state index in [0.717, 1.165) is 42.3 Å². The molecule has 6 heteroatoms. The van der Waals surface area contributed by atoms with Gasteiger partial charge in [-0.25, -0.2) is 4.98 Å². The molecule has 0 radical (unpaired) electrons. The second-order valence-electron chi connectivity index (χ2n) is 7.97. The molecule has 1 N–H and O–H groups in total. The van der Waals surface area contributed by atoms with E-state index < -0.39 is 0 Å². The minimum atomic E-state index is 0.244. The van der Waals surface area contributed by atoms with Gasteiger partial charge in [0, 0.05) is 24.8 Å². The largest absolute Gasteiger partial charge is 0.340 e. The molecule has 28 heavy (non-hydrogen) atoms. The van der Waals surface area contributed by atoms with E-state index in [1.165, 1.54) is 25.7 Å². The maximum absolute atomic E-state index is 9.02. The normalized spacial score (nSPS) is 22.0. The molecule has 1 aromatic carbocycles. The predicted octanol–water partition coefficient (Wildman–Crippen LogP) is 3.07. The van der Waals surface area contributed by atoms with Gasteiger partial charge >= 0.3 is 0 Å². The van der Waals surface area contributed by atoms with Crippen LogP contribution in [0.5, 0.6) is 0 Å². The Morgan fingerprint density at radius 1 is 1.14 bits per heavy atom. The molecule has 6 nitrogen and oxygen atoms in total. The molecule has 2 saturated heterocycles. The number of fused-ring (bicyclic) bond motifs is 1. The van der Waals surface area contributed by atoms with Crippen LogP contribution in [0.4, 0.5) is 5.95 Å². The first-order chi connectivity index (χ1) is 13.8. The Hall–Kier alpha value is -2.91. The third kappa shape index (κ3) is 3.02. The fraction of sp³-hybridized carbons (Fsp3) is 0.409. The minimum Gasteiger partial charge on any atom is -0.340 e. The van der Waals surface area contributed by atoms with Gasteiger partial charge in [0.25, 0.3) is 0 Å². The first-order valence-electron chi connectivity index (χ1n) is 10.1. The van der Waals surface area contributed by atoms with Crippen molar-refractivity contribution in [1.82, 2.24) is 19.9 Å². The summed E-state index contributed by atoms with van der Waals surface area (Å²) in [7, 11) is 0. The number of imidazole rings is 1. The Balaban J connectivity index is 1.53. The van der Waals surface area contributed by atoms with Gasteiger partial charge in [0.1, 0.15) is 6.07 Å². The van der Waals surface area contributed by atoms with E-state index in [0.29, 0.717) is 12.1 Å². The zero-order valence-electron chi connectivity index (χ0n) is 15.9. The Morgan fingerprint density at radius 2 is 2.04 bits per heavy atom. The van der Waals surface area contributed by atoms with Gasteiger partial charge in [-0.1, -0.05) is 12.1 Å². The zero-order valence-corrected chi connectivity index (χ0v) is 15.9. The second-order valence-corrected chi connectivity index (χ2v) is 7.97. The number of nitriles is 1. The van der Waals surface area contributed by atoms with Gasteiger partial charge in [-0.2, -0.15) is 5.26 Å². The highest BCUT2D eigenvalue weighted by atomic mass is 15.3. The number of anilines is 1. The van der Waals surface area contributed by atoms with Crippen molar-refractivity contribution in [1.29, 1.82) is 5.26 Å². The summed E-state index contributed by atoms with van der Waals surface area (Å²) >= 11 is 0. The number of aromatic nitrogens is 3. The van der Waals surface area contributed by atoms with Crippen LogP contribution in [0.1, 0.15) is 36.9 Å². The predicted molar refractivity (Wildman–Crippen MR) is 109 cm³/mol. The van der Waals surface area contributed by atoms with Crippen molar-refractivity contribution in [2.24, 2.45) is 0 Å². The lowest BCUT2D eigenvalue weighted by molar-refractivity contribution is 0.305. The number of rotatable bonds is 3. The third-order valence-corrected chi connectivity index (χ3v) is 6.10. The van der Waals surface area contributed by atoms with Crippen LogP contribution in [0.2, 0.25) is 0 Å². The summed E-state index contributed by atoms with van der Waals surface area (Å²) in [6.07, 6.45) is 6.60. The van der Waals surface area contributed by atoms with Crippen molar-refractivity contribution >= 4 is 17.0 Å². The minimum absolute atomic E-state index is 0.244. The summed E-state index contributed by atoms with van der Waals surface area (Å²) in [6, 6.07) is 14.2. The van der Waals surface area contributed by atoms with Crippen molar-refractivity contribution in [2.75, 3.05) is 24.5 Å². The standard InChI is InChI=1S/C22H24N6/c23-13-17-7-8-18(24-14-17)15-28-20-6-2-1-5-19(20)26-21(28)27-12-4-10-22(16-27)9-3-11-25-22/h1-2,5-8,14,25H,3-4,9-12,15-16H2/t22-/m0/s1. The monoisotopic (exact) mass is 372 g/mol. The van der Waals surface area contributed by atoms with Crippen molar-refractivity contribution in [3.05, 3.63) is 53.9 Å². The molecule has 2 aromatic heterocycles. The molecule has 2 aliphatic heterocycles.